The molecule has 0 aliphatic heterocycles. The predicted molar refractivity (Wildman–Crippen MR) is 126 cm³/mol. The third-order valence-corrected chi connectivity index (χ3v) is 5.11. The van der Waals surface area contributed by atoms with Gasteiger partial charge < -0.3 is 10.6 Å². The van der Waals surface area contributed by atoms with Gasteiger partial charge >= 0.3 is 6.03 Å². The summed E-state index contributed by atoms with van der Waals surface area (Å²) in [6.07, 6.45) is 0. The molecule has 0 fully saturated rings. The number of nitro benzene ring substituents is 1. The first-order valence-corrected chi connectivity index (χ1v) is 10.3. The molecule has 0 saturated carbocycles. The fraction of sp³-hybridized carbons (Fsp3) is 0.125. The van der Waals surface area contributed by atoms with Gasteiger partial charge in [0.2, 0.25) is 0 Å². The third kappa shape index (κ3) is 4.87. The number of hydrogen-bond donors (Lipinski definition) is 2. The number of nitro groups is 1. The van der Waals surface area contributed by atoms with Crippen molar-refractivity contribution < 1.29 is 9.72 Å². The lowest BCUT2D eigenvalue weighted by Crippen LogP contribution is -2.34. The van der Waals surface area contributed by atoms with Crippen LogP contribution in [0.25, 0.3) is 22.3 Å². The van der Waals surface area contributed by atoms with Crippen LogP contribution in [-0.4, -0.2) is 27.1 Å². The molecule has 2 amide bonds. The molecule has 1 aromatic heterocycles. The highest BCUT2D eigenvalue weighted by Gasteiger charge is 2.16. The second kappa shape index (κ2) is 9.31. The SMILES string of the molecule is Cc1ccc(NC(=O)NCCn2c(-c3ccccc3)nc3ccc([N+](=O)[O-])cc3c2=O)cc1. The van der Waals surface area contributed by atoms with Crippen molar-refractivity contribution in [3.63, 3.8) is 0 Å². The van der Waals surface area contributed by atoms with Crippen LogP contribution in [0.15, 0.2) is 77.6 Å². The van der Waals surface area contributed by atoms with Gasteiger partial charge in [-0.15, -0.1) is 0 Å². The summed E-state index contributed by atoms with van der Waals surface area (Å²) in [5, 5.41) is 16.8. The van der Waals surface area contributed by atoms with Crippen molar-refractivity contribution in [1.29, 1.82) is 0 Å². The van der Waals surface area contributed by atoms with Crippen LogP contribution < -0.4 is 16.2 Å². The van der Waals surface area contributed by atoms with Crippen molar-refractivity contribution in [3.05, 3.63) is 98.8 Å². The van der Waals surface area contributed by atoms with E-state index in [0.717, 1.165) is 11.1 Å². The number of urea groups is 1. The summed E-state index contributed by atoms with van der Waals surface area (Å²) < 4.78 is 1.42. The summed E-state index contributed by atoms with van der Waals surface area (Å²) in [5.74, 6) is 0.419. The Balaban J connectivity index is 1.62. The Morgan fingerprint density at radius 3 is 2.48 bits per heavy atom. The Morgan fingerprint density at radius 1 is 1.06 bits per heavy atom. The summed E-state index contributed by atoms with van der Waals surface area (Å²) in [5.41, 5.74) is 2.22. The first kappa shape index (κ1) is 21.7. The highest BCUT2D eigenvalue weighted by molar-refractivity contribution is 5.89. The highest BCUT2D eigenvalue weighted by Crippen LogP contribution is 2.21. The highest BCUT2D eigenvalue weighted by atomic mass is 16.6. The molecule has 0 atom stereocenters. The number of hydrogen-bond acceptors (Lipinski definition) is 5. The largest absolute Gasteiger partial charge is 0.336 e. The van der Waals surface area contributed by atoms with Crippen LogP contribution in [0.3, 0.4) is 0 Å². The standard InChI is InChI=1S/C24H21N5O4/c1-16-7-9-18(10-8-16)26-24(31)25-13-14-28-22(17-5-3-2-4-6-17)27-21-12-11-19(29(32)33)15-20(21)23(28)30/h2-12,15H,13-14H2,1H3,(H2,25,26,31). The zero-order valence-corrected chi connectivity index (χ0v) is 17.8. The number of amides is 2. The number of aryl methyl sites for hydroxylation is 1. The smallest absolute Gasteiger partial charge is 0.319 e. The molecule has 9 nitrogen and oxygen atoms in total. The van der Waals surface area contributed by atoms with Crippen LogP contribution in [0.2, 0.25) is 0 Å². The van der Waals surface area contributed by atoms with E-state index in [9.17, 15) is 19.7 Å². The van der Waals surface area contributed by atoms with E-state index in [4.69, 9.17) is 0 Å². The maximum Gasteiger partial charge on any atom is 0.319 e. The van der Waals surface area contributed by atoms with Crippen molar-refractivity contribution in [1.82, 2.24) is 14.9 Å². The molecule has 33 heavy (non-hydrogen) atoms. The molecule has 9 heteroatoms. The molecule has 0 aliphatic carbocycles. The minimum atomic E-state index is -0.550. The number of nitrogens with one attached hydrogen (secondary N) is 2. The van der Waals surface area contributed by atoms with Crippen molar-refractivity contribution in [2.45, 2.75) is 13.5 Å². The predicted octanol–water partition coefficient (Wildman–Crippen LogP) is 4.10. The van der Waals surface area contributed by atoms with Crippen LogP contribution in [-0.2, 0) is 6.54 Å². The molecule has 1 heterocycles. The summed E-state index contributed by atoms with van der Waals surface area (Å²) in [6.45, 7) is 2.24. The molecule has 2 N–H and O–H groups in total. The van der Waals surface area contributed by atoms with Crippen LogP contribution in [0.1, 0.15) is 5.56 Å². The number of fused-ring (bicyclic) bond motifs is 1. The van der Waals surface area contributed by atoms with Gasteiger partial charge in [-0.3, -0.25) is 19.5 Å². The Hall–Kier alpha value is -4.53. The zero-order valence-electron chi connectivity index (χ0n) is 17.8. The molecular formula is C24H21N5O4. The summed E-state index contributed by atoms with van der Waals surface area (Å²) in [7, 11) is 0. The lowest BCUT2D eigenvalue weighted by atomic mass is 10.1. The van der Waals surface area contributed by atoms with E-state index in [1.54, 1.807) is 12.1 Å². The zero-order chi connectivity index (χ0) is 23.4. The number of nitrogens with zero attached hydrogens (tertiary/aromatic N) is 3. The molecule has 4 rings (SSSR count). The monoisotopic (exact) mass is 443 g/mol. The lowest BCUT2D eigenvalue weighted by molar-refractivity contribution is -0.384. The number of anilines is 1. The average Bonchev–Trinajstić information content (AvgIpc) is 2.82. The number of rotatable bonds is 6. The van der Waals surface area contributed by atoms with Crippen LogP contribution in [0.5, 0.6) is 0 Å². The second-order valence-electron chi connectivity index (χ2n) is 7.46. The molecule has 0 radical (unpaired) electrons. The van der Waals surface area contributed by atoms with E-state index in [1.165, 1.54) is 22.8 Å². The van der Waals surface area contributed by atoms with Gasteiger partial charge in [0.25, 0.3) is 11.2 Å². The Labute approximate surface area is 188 Å². The third-order valence-electron chi connectivity index (χ3n) is 5.11. The van der Waals surface area contributed by atoms with Gasteiger partial charge in [-0.2, -0.15) is 0 Å². The van der Waals surface area contributed by atoms with E-state index < -0.39 is 16.5 Å². The Kier molecular flexibility index (Phi) is 6.12. The second-order valence-corrected chi connectivity index (χ2v) is 7.46. The van der Waals surface area contributed by atoms with Gasteiger partial charge in [-0.05, 0) is 25.1 Å². The van der Waals surface area contributed by atoms with Crippen LogP contribution >= 0.6 is 0 Å². The average molecular weight is 443 g/mol. The number of non-ortho nitro benzene ring substituents is 1. The molecular weight excluding hydrogens is 422 g/mol. The maximum atomic E-state index is 13.3. The van der Waals surface area contributed by atoms with Gasteiger partial charge in [0, 0.05) is 36.5 Å². The minimum absolute atomic E-state index is 0.135. The first-order chi connectivity index (χ1) is 15.9. The Bertz CT molecular complexity index is 1380. The van der Waals surface area contributed by atoms with Crippen molar-refractivity contribution in [3.8, 4) is 11.4 Å². The quantitative estimate of drug-likeness (QED) is 0.343. The van der Waals surface area contributed by atoms with E-state index in [2.05, 4.69) is 15.6 Å². The molecule has 0 saturated heterocycles. The number of aromatic nitrogens is 2. The molecule has 0 bridgehead atoms. The van der Waals surface area contributed by atoms with E-state index in [0.29, 0.717) is 17.0 Å². The summed E-state index contributed by atoms with van der Waals surface area (Å²) in [6, 6.07) is 20.2. The molecule has 4 aromatic rings. The maximum absolute atomic E-state index is 13.3. The summed E-state index contributed by atoms with van der Waals surface area (Å²) >= 11 is 0. The topological polar surface area (TPSA) is 119 Å². The van der Waals surface area contributed by atoms with Gasteiger partial charge in [0.15, 0.2) is 0 Å². The van der Waals surface area contributed by atoms with Crippen molar-refractivity contribution in [2.75, 3.05) is 11.9 Å². The van der Waals surface area contributed by atoms with Gasteiger partial charge in [0.1, 0.15) is 5.82 Å². The van der Waals surface area contributed by atoms with Crippen molar-refractivity contribution >= 4 is 28.3 Å². The fourth-order valence-corrected chi connectivity index (χ4v) is 3.43. The fourth-order valence-electron chi connectivity index (χ4n) is 3.43. The molecule has 0 aliphatic rings. The van der Waals surface area contributed by atoms with E-state index >= 15 is 0 Å². The summed E-state index contributed by atoms with van der Waals surface area (Å²) in [4.78, 5) is 40.7. The normalized spacial score (nSPS) is 10.7. The number of carbonyl (C=O) groups excluding carboxylic acids is 1. The number of benzene rings is 3. The van der Waals surface area contributed by atoms with Gasteiger partial charge in [-0.1, -0.05) is 48.0 Å². The van der Waals surface area contributed by atoms with Crippen molar-refractivity contribution in [2.24, 2.45) is 0 Å². The van der Waals surface area contributed by atoms with Gasteiger partial charge in [0.05, 0.1) is 15.8 Å². The van der Waals surface area contributed by atoms with E-state index in [-0.39, 0.29) is 24.2 Å². The first-order valence-electron chi connectivity index (χ1n) is 10.3. The van der Waals surface area contributed by atoms with E-state index in [1.807, 2.05) is 49.4 Å². The Morgan fingerprint density at radius 2 is 1.79 bits per heavy atom. The molecule has 0 unspecified atom stereocenters. The minimum Gasteiger partial charge on any atom is -0.336 e. The lowest BCUT2D eigenvalue weighted by Gasteiger charge is -2.14. The van der Waals surface area contributed by atoms with Crippen LogP contribution in [0.4, 0.5) is 16.2 Å². The molecule has 166 valence electrons. The molecule has 3 aromatic carbocycles. The molecule has 0 spiro atoms. The van der Waals surface area contributed by atoms with Crippen LogP contribution in [0, 0.1) is 17.0 Å². The number of carbonyl (C=O) groups is 1. The van der Waals surface area contributed by atoms with Gasteiger partial charge in [-0.25, -0.2) is 9.78 Å².